The summed E-state index contributed by atoms with van der Waals surface area (Å²) in [5.74, 6) is 0.767. The van der Waals surface area contributed by atoms with E-state index in [1.54, 1.807) is 36.0 Å². The Morgan fingerprint density at radius 2 is 2.00 bits per heavy atom. The van der Waals surface area contributed by atoms with Gasteiger partial charge in [-0.05, 0) is 49.7 Å². The van der Waals surface area contributed by atoms with Gasteiger partial charge in [-0.3, -0.25) is 9.69 Å². The van der Waals surface area contributed by atoms with Crippen LogP contribution in [0, 0.1) is 6.92 Å². The maximum atomic E-state index is 12.3. The molecule has 1 heterocycles. The number of nitrogens with zero attached hydrogens (tertiary/aromatic N) is 1. The fourth-order valence-electron chi connectivity index (χ4n) is 2.31. The first-order valence-corrected chi connectivity index (χ1v) is 10.8. The number of benzene rings is 1. The Balaban J connectivity index is 1.90. The lowest BCUT2D eigenvalue weighted by molar-refractivity contribution is -0.127. The first-order valence-electron chi connectivity index (χ1n) is 7.52. The second-order valence-electron chi connectivity index (χ2n) is 5.48. The van der Waals surface area contributed by atoms with Crippen molar-refractivity contribution in [1.82, 2.24) is 14.9 Å². The average Bonchev–Trinajstić information content (AvgIpc) is 2.80. The molecule has 2 rings (SSSR count). The van der Waals surface area contributed by atoms with Crippen LogP contribution in [0.5, 0.6) is 0 Å². The molecule has 0 spiro atoms. The molecule has 1 saturated heterocycles. The van der Waals surface area contributed by atoms with Crippen molar-refractivity contribution in [3.8, 4) is 0 Å². The maximum absolute atomic E-state index is 12.3. The average molecular weight is 388 g/mol. The van der Waals surface area contributed by atoms with Crippen molar-refractivity contribution in [3.63, 3.8) is 0 Å². The Hall–Kier alpha value is -1.16. The molecule has 1 aromatic carbocycles. The molecule has 0 radical (unpaired) electrons. The molecule has 1 aliphatic heterocycles. The van der Waals surface area contributed by atoms with Gasteiger partial charge in [0.2, 0.25) is 10.0 Å². The molecule has 6 nitrogen and oxygen atoms in total. The van der Waals surface area contributed by atoms with Gasteiger partial charge in [-0.25, -0.2) is 13.1 Å². The molecular formula is C15H21N3O3S3. The van der Waals surface area contributed by atoms with Gasteiger partial charge < -0.3 is 5.32 Å². The van der Waals surface area contributed by atoms with Crippen molar-refractivity contribution in [2.75, 3.05) is 25.1 Å². The van der Waals surface area contributed by atoms with E-state index in [4.69, 9.17) is 12.2 Å². The Morgan fingerprint density at radius 1 is 1.33 bits per heavy atom. The lowest BCUT2D eigenvalue weighted by Crippen LogP contribution is -2.39. The summed E-state index contributed by atoms with van der Waals surface area (Å²) in [4.78, 5) is 13.9. The first kappa shape index (κ1) is 19.2. The summed E-state index contributed by atoms with van der Waals surface area (Å²) < 4.78 is 26.9. The van der Waals surface area contributed by atoms with Gasteiger partial charge in [-0.15, -0.1) is 0 Å². The van der Waals surface area contributed by atoms with E-state index in [-0.39, 0.29) is 29.9 Å². The van der Waals surface area contributed by atoms with Crippen molar-refractivity contribution in [2.45, 2.75) is 24.3 Å². The minimum Gasteiger partial charge on any atom is -0.350 e. The minimum absolute atomic E-state index is 0.0939. The molecule has 1 atom stereocenters. The van der Waals surface area contributed by atoms with Crippen molar-refractivity contribution < 1.29 is 13.2 Å². The number of rotatable bonds is 8. The zero-order valence-electron chi connectivity index (χ0n) is 13.6. The Kier molecular flexibility index (Phi) is 6.62. The van der Waals surface area contributed by atoms with Crippen molar-refractivity contribution in [1.29, 1.82) is 0 Å². The number of sulfonamides is 1. The standard InChI is InChI=1S/C15H21N3O3S3/c1-11-3-5-12(6-4-11)24(20,21)16-8-9-18-14(19)13(7-10-23-2)17-15(18)22/h3-6,13,16H,7-10H2,1-2H3,(H,17,22). The van der Waals surface area contributed by atoms with E-state index in [0.717, 1.165) is 11.3 Å². The van der Waals surface area contributed by atoms with E-state index in [2.05, 4.69) is 10.0 Å². The molecule has 9 heteroatoms. The molecule has 0 aromatic heterocycles. The highest BCUT2D eigenvalue weighted by atomic mass is 32.2. The second-order valence-corrected chi connectivity index (χ2v) is 8.62. The maximum Gasteiger partial charge on any atom is 0.251 e. The minimum atomic E-state index is -3.59. The molecule has 1 aromatic rings. The number of amides is 1. The van der Waals surface area contributed by atoms with E-state index in [1.807, 2.05) is 13.2 Å². The summed E-state index contributed by atoms with van der Waals surface area (Å²) in [5.41, 5.74) is 0.990. The second kappa shape index (κ2) is 8.28. The number of hydrogen-bond donors (Lipinski definition) is 2. The van der Waals surface area contributed by atoms with E-state index in [9.17, 15) is 13.2 Å². The number of carbonyl (C=O) groups is 1. The quantitative estimate of drug-likeness (QED) is 0.651. The first-order chi connectivity index (χ1) is 11.3. The zero-order valence-corrected chi connectivity index (χ0v) is 16.1. The number of aryl methyl sites for hydroxylation is 1. The van der Waals surface area contributed by atoms with Crippen LogP contribution in [0.3, 0.4) is 0 Å². The summed E-state index contributed by atoms with van der Waals surface area (Å²) in [6.07, 6.45) is 2.68. The third-order valence-corrected chi connectivity index (χ3v) is 6.14. The molecule has 1 unspecified atom stereocenters. The topological polar surface area (TPSA) is 78.5 Å². The highest BCUT2D eigenvalue weighted by molar-refractivity contribution is 7.98. The van der Waals surface area contributed by atoms with Gasteiger partial charge in [0.25, 0.3) is 5.91 Å². The number of nitrogens with one attached hydrogen (secondary N) is 2. The van der Waals surface area contributed by atoms with Crippen LogP contribution in [-0.2, 0) is 14.8 Å². The largest absolute Gasteiger partial charge is 0.350 e. The number of carbonyl (C=O) groups excluding carboxylic acids is 1. The highest BCUT2D eigenvalue weighted by Crippen LogP contribution is 2.12. The molecule has 0 aliphatic carbocycles. The van der Waals surface area contributed by atoms with Gasteiger partial charge >= 0.3 is 0 Å². The van der Waals surface area contributed by atoms with E-state index in [1.165, 1.54) is 4.90 Å². The van der Waals surface area contributed by atoms with Crippen molar-refractivity contribution in [3.05, 3.63) is 29.8 Å². The van der Waals surface area contributed by atoms with Crippen molar-refractivity contribution >= 4 is 45.0 Å². The molecule has 2 N–H and O–H groups in total. The van der Waals surface area contributed by atoms with Crippen LogP contribution in [0.1, 0.15) is 12.0 Å². The smallest absolute Gasteiger partial charge is 0.251 e. The van der Waals surface area contributed by atoms with Gasteiger partial charge in [0.1, 0.15) is 6.04 Å². The van der Waals surface area contributed by atoms with Crippen LogP contribution in [0.25, 0.3) is 0 Å². The molecule has 1 amide bonds. The number of thioether (sulfide) groups is 1. The summed E-state index contributed by atoms with van der Waals surface area (Å²) >= 11 is 6.84. The lowest BCUT2D eigenvalue weighted by atomic mass is 10.2. The van der Waals surface area contributed by atoms with Gasteiger partial charge in [0.15, 0.2) is 5.11 Å². The van der Waals surface area contributed by atoms with E-state index in [0.29, 0.717) is 11.5 Å². The number of hydrogen-bond acceptors (Lipinski definition) is 5. The molecule has 132 valence electrons. The zero-order chi connectivity index (χ0) is 17.7. The Bertz CT molecular complexity index is 704. The monoisotopic (exact) mass is 387 g/mol. The Morgan fingerprint density at radius 3 is 2.62 bits per heavy atom. The molecule has 24 heavy (non-hydrogen) atoms. The SMILES string of the molecule is CSCCC1NC(=S)N(CCNS(=O)(=O)c2ccc(C)cc2)C1=O. The van der Waals surface area contributed by atoms with Crippen molar-refractivity contribution in [2.24, 2.45) is 0 Å². The predicted octanol–water partition coefficient (Wildman–Crippen LogP) is 1.11. The van der Waals surface area contributed by atoms with Gasteiger partial charge in [0.05, 0.1) is 4.90 Å². The fraction of sp³-hybridized carbons (Fsp3) is 0.467. The van der Waals surface area contributed by atoms with Crippen LogP contribution >= 0.6 is 24.0 Å². The third kappa shape index (κ3) is 4.69. The summed E-state index contributed by atoms with van der Waals surface area (Å²) in [6.45, 7) is 2.22. The summed E-state index contributed by atoms with van der Waals surface area (Å²) in [7, 11) is -3.59. The van der Waals surface area contributed by atoms with Gasteiger partial charge in [-0.1, -0.05) is 17.7 Å². The van der Waals surface area contributed by atoms with Crippen LogP contribution < -0.4 is 10.0 Å². The van der Waals surface area contributed by atoms with Crippen LogP contribution in [-0.4, -0.2) is 55.5 Å². The van der Waals surface area contributed by atoms with Crippen LogP contribution in [0.4, 0.5) is 0 Å². The summed E-state index contributed by atoms with van der Waals surface area (Å²) in [5, 5.41) is 3.35. The summed E-state index contributed by atoms with van der Waals surface area (Å²) in [6, 6.07) is 6.30. The predicted molar refractivity (Wildman–Crippen MR) is 101 cm³/mol. The molecule has 1 aliphatic rings. The van der Waals surface area contributed by atoms with Crippen LogP contribution in [0.2, 0.25) is 0 Å². The van der Waals surface area contributed by atoms with E-state index >= 15 is 0 Å². The van der Waals surface area contributed by atoms with Crippen LogP contribution in [0.15, 0.2) is 29.2 Å². The molecular weight excluding hydrogens is 366 g/mol. The van der Waals surface area contributed by atoms with E-state index < -0.39 is 10.0 Å². The normalized spacial score (nSPS) is 18.1. The third-order valence-electron chi connectivity index (χ3n) is 3.68. The number of thiocarbonyl (C=S) groups is 1. The molecule has 0 saturated carbocycles. The Labute approximate surface area is 152 Å². The molecule has 0 bridgehead atoms. The fourth-order valence-corrected chi connectivity index (χ4v) is 4.13. The molecule has 1 fully saturated rings. The lowest BCUT2D eigenvalue weighted by Gasteiger charge is -2.15. The van der Waals surface area contributed by atoms with Gasteiger partial charge in [-0.2, -0.15) is 11.8 Å². The van der Waals surface area contributed by atoms with Gasteiger partial charge in [0, 0.05) is 13.1 Å². The highest BCUT2D eigenvalue weighted by Gasteiger charge is 2.34.